The van der Waals surface area contributed by atoms with Crippen LogP contribution < -0.4 is 0 Å². The van der Waals surface area contributed by atoms with Crippen molar-refractivity contribution in [1.29, 1.82) is 5.26 Å². The Labute approximate surface area is 95.1 Å². The van der Waals surface area contributed by atoms with Crippen molar-refractivity contribution in [1.82, 2.24) is 9.97 Å². The maximum Gasteiger partial charge on any atom is 0.137 e. The van der Waals surface area contributed by atoms with E-state index in [-0.39, 0.29) is 5.41 Å². The number of nitrogens with zero attached hydrogens (tertiary/aromatic N) is 2. The maximum absolute atomic E-state index is 8.85. The van der Waals surface area contributed by atoms with Gasteiger partial charge < -0.3 is 4.98 Å². The molecule has 3 nitrogen and oxygen atoms in total. The number of aromatic nitrogens is 2. The molecule has 3 heteroatoms. The monoisotopic (exact) mass is 213 g/mol. The van der Waals surface area contributed by atoms with Gasteiger partial charge in [0, 0.05) is 17.8 Å². The van der Waals surface area contributed by atoms with Gasteiger partial charge >= 0.3 is 0 Å². The van der Waals surface area contributed by atoms with Gasteiger partial charge in [-0.05, 0) is 22.6 Å². The fourth-order valence-corrected chi connectivity index (χ4v) is 2.15. The van der Waals surface area contributed by atoms with Crippen LogP contribution in [0.4, 0.5) is 0 Å². The van der Waals surface area contributed by atoms with Gasteiger partial charge in [-0.25, -0.2) is 4.98 Å². The second-order valence-corrected chi connectivity index (χ2v) is 4.98. The fraction of sp³-hybridized carbons (Fsp3) is 0.385. The van der Waals surface area contributed by atoms with Crippen molar-refractivity contribution in [2.45, 2.75) is 32.6 Å². The minimum absolute atomic E-state index is 0.0234. The van der Waals surface area contributed by atoms with Crippen molar-refractivity contribution in [2.75, 3.05) is 0 Å². The van der Waals surface area contributed by atoms with E-state index >= 15 is 0 Å². The van der Waals surface area contributed by atoms with E-state index in [4.69, 9.17) is 5.26 Å². The van der Waals surface area contributed by atoms with E-state index in [0.717, 1.165) is 16.6 Å². The largest absolute Gasteiger partial charge is 0.346 e. The van der Waals surface area contributed by atoms with Crippen molar-refractivity contribution in [3.8, 4) is 6.07 Å². The molecule has 0 aliphatic carbocycles. The van der Waals surface area contributed by atoms with Gasteiger partial charge in [-0.2, -0.15) is 5.26 Å². The zero-order chi connectivity index (χ0) is 11.8. The number of rotatable bonds is 1. The molecule has 0 unspecified atom stereocenters. The van der Waals surface area contributed by atoms with Crippen LogP contribution in [0.25, 0.3) is 11.0 Å². The van der Waals surface area contributed by atoms with Crippen molar-refractivity contribution in [3.05, 3.63) is 29.6 Å². The van der Waals surface area contributed by atoms with Crippen molar-refractivity contribution in [3.63, 3.8) is 0 Å². The minimum atomic E-state index is 0.0234. The highest BCUT2D eigenvalue weighted by molar-refractivity contribution is 5.81. The molecular weight excluding hydrogens is 198 g/mol. The maximum atomic E-state index is 8.85. The van der Waals surface area contributed by atoms with Gasteiger partial charge in [-0.3, -0.25) is 0 Å². The molecular formula is C13H15N3. The highest BCUT2D eigenvalue weighted by Gasteiger charge is 2.21. The van der Waals surface area contributed by atoms with Crippen LogP contribution in [0.2, 0.25) is 0 Å². The number of aromatic amines is 1. The summed E-state index contributed by atoms with van der Waals surface area (Å²) in [5, 5.41) is 9.97. The van der Waals surface area contributed by atoms with E-state index in [1.54, 1.807) is 0 Å². The molecule has 2 aromatic rings. The zero-order valence-electron chi connectivity index (χ0n) is 9.83. The standard InChI is InChI=1S/C13H15N3/c1-13(2,3)11-9(4-6-14)8-16-12-10(11)5-7-15-12/h5,7-8H,4H2,1-3H3,(H,15,16). The smallest absolute Gasteiger partial charge is 0.137 e. The lowest BCUT2D eigenvalue weighted by Crippen LogP contribution is -2.15. The van der Waals surface area contributed by atoms with Crippen LogP contribution in [-0.2, 0) is 11.8 Å². The van der Waals surface area contributed by atoms with Gasteiger partial charge in [0.05, 0.1) is 12.5 Å². The Bertz CT molecular complexity index is 553. The summed E-state index contributed by atoms with van der Waals surface area (Å²) < 4.78 is 0. The average Bonchev–Trinajstić information content (AvgIpc) is 2.63. The number of nitriles is 1. The number of hydrogen-bond donors (Lipinski definition) is 1. The third-order valence-electron chi connectivity index (χ3n) is 2.68. The van der Waals surface area contributed by atoms with Gasteiger partial charge in [0.1, 0.15) is 5.65 Å². The molecule has 0 aliphatic heterocycles. The molecule has 0 amide bonds. The SMILES string of the molecule is CC(C)(C)c1c(CC#N)cnc2[nH]ccc12. The van der Waals surface area contributed by atoms with Crippen LogP contribution >= 0.6 is 0 Å². The summed E-state index contributed by atoms with van der Waals surface area (Å²) in [6.07, 6.45) is 4.12. The molecule has 2 heterocycles. The quantitative estimate of drug-likeness (QED) is 0.791. The molecule has 0 aliphatic rings. The van der Waals surface area contributed by atoms with Crippen LogP contribution in [0.1, 0.15) is 31.9 Å². The van der Waals surface area contributed by atoms with E-state index in [1.807, 2.05) is 18.5 Å². The number of hydrogen-bond acceptors (Lipinski definition) is 2. The van der Waals surface area contributed by atoms with E-state index in [2.05, 4.69) is 36.8 Å². The first-order valence-electron chi connectivity index (χ1n) is 5.36. The van der Waals surface area contributed by atoms with Gasteiger partial charge in [0.15, 0.2) is 0 Å². The molecule has 0 atom stereocenters. The van der Waals surface area contributed by atoms with Gasteiger partial charge in [-0.15, -0.1) is 0 Å². The predicted molar refractivity (Wildman–Crippen MR) is 64.1 cm³/mol. The summed E-state index contributed by atoms with van der Waals surface area (Å²) >= 11 is 0. The van der Waals surface area contributed by atoms with E-state index in [0.29, 0.717) is 6.42 Å². The molecule has 0 radical (unpaired) electrons. The lowest BCUT2D eigenvalue weighted by atomic mass is 9.82. The first-order chi connectivity index (χ1) is 7.54. The second kappa shape index (κ2) is 3.64. The highest BCUT2D eigenvalue weighted by atomic mass is 14.8. The number of fused-ring (bicyclic) bond motifs is 1. The molecule has 0 bridgehead atoms. The topological polar surface area (TPSA) is 52.5 Å². The van der Waals surface area contributed by atoms with Crippen LogP contribution in [0.5, 0.6) is 0 Å². The molecule has 0 fully saturated rings. The minimum Gasteiger partial charge on any atom is -0.346 e. The van der Waals surface area contributed by atoms with Crippen LogP contribution in [0, 0.1) is 11.3 Å². The summed E-state index contributed by atoms with van der Waals surface area (Å²) in [5.74, 6) is 0. The fourth-order valence-electron chi connectivity index (χ4n) is 2.15. The van der Waals surface area contributed by atoms with Crippen LogP contribution in [-0.4, -0.2) is 9.97 Å². The Morgan fingerprint density at radius 1 is 1.44 bits per heavy atom. The molecule has 2 aromatic heterocycles. The summed E-state index contributed by atoms with van der Waals surface area (Å²) in [7, 11) is 0. The first kappa shape index (κ1) is 10.7. The van der Waals surface area contributed by atoms with E-state index < -0.39 is 0 Å². The van der Waals surface area contributed by atoms with Gasteiger partial charge in [-0.1, -0.05) is 20.8 Å². The zero-order valence-corrected chi connectivity index (χ0v) is 9.83. The third kappa shape index (κ3) is 1.67. The summed E-state index contributed by atoms with van der Waals surface area (Å²) in [6.45, 7) is 6.49. The van der Waals surface area contributed by atoms with Crippen LogP contribution in [0.15, 0.2) is 18.5 Å². The molecule has 0 spiro atoms. The molecule has 0 aromatic carbocycles. The van der Waals surface area contributed by atoms with E-state index in [9.17, 15) is 0 Å². The molecule has 16 heavy (non-hydrogen) atoms. The summed E-state index contributed by atoms with van der Waals surface area (Å²) in [6, 6.07) is 4.23. The normalized spacial score (nSPS) is 11.6. The number of nitrogens with one attached hydrogen (secondary N) is 1. The van der Waals surface area contributed by atoms with Crippen LogP contribution in [0.3, 0.4) is 0 Å². The highest BCUT2D eigenvalue weighted by Crippen LogP contribution is 2.31. The Morgan fingerprint density at radius 3 is 2.81 bits per heavy atom. The van der Waals surface area contributed by atoms with Crippen molar-refractivity contribution in [2.24, 2.45) is 0 Å². The predicted octanol–water partition coefficient (Wildman–Crippen LogP) is 2.93. The van der Waals surface area contributed by atoms with Crippen molar-refractivity contribution < 1.29 is 0 Å². The molecule has 1 N–H and O–H groups in total. The van der Waals surface area contributed by atoms with E-state index in [1.165, 1.54) is 5.56 Å². The van der Waals surface area contributed by atoms with Gasteiger partial charge in [0.25, 0.3) is 0 Å². The number of pyridine rings is 1. The summed E-state index contributed by atoms with van der Waals surface area (Å²) in [5.41, 5.74) is 3.17. The molecule has 2 rings (SSSR count). The second-order valence-electron chi connectivity index (χ2n) is 4.98. The third-order valence-corrected chi connectivity index (χ3v) is 2.68. The van der Waals surface area contributed by atoms with Gasteiger partial charge in [0.2, 0.25) is 0 Å². The lowest BCUT2D eigenvalue weighted by molar-refractivity contribution is 0.590. The molecule has 0 saturated heterocycles. The Balaban J connectivity index is 2.77. The molecule has 82 valence electrons. The summed E-state index contributed by atoms with van der Waals surface area (Å²) in [4.78, 5) is 7.43. The number of H-pyrrole nitrogens is 1. The Kier molecular flexibility index (Phi) is 2.43. The molecule has 0 saturated carbocycles. The average molecular weight is 213 g/mol. The Hall–Kier alpha value is -1.82. The Morgan fingerprint density at radius 2 is 2.19 bits per heavy atom. The first-order valence-corrected chi connectivity index (χ1v) is 5.36. The van der Waals surface area contributed by atoms with Crippen molar-refractivity contribution >= 4 is 11.0 Å². The lowest BCUT2D eigenvalue weighted by Gasteiger charge is -2.22.